The highest BCUT2D eigenvalue weighted by atomic mass is 19.3. The highest BCUT2D eigenvalue weighted by Crippen LogP contribution is 2.34. The summed E-state index contributed by atoms with van der Waals surface area (Å²) in [6.07, 6.45) is 12.2. The Bertz CT molecular complexity index is 685. The number of rotatable bonds is 9. The van der Waals surface area contributed by atoms with Gasteiger partial charge in [0.15, 0.2) is 0 Å². The Morgan fingerprint density at radius 3 is 1.89 bits per heavy atom. The van der Waals surface area contributed by atoms with Gasteiger partial charge in [0, 0.05) is 0 Å². The van der Waals surface area contributed by atoms with E-state index in [0.717, 1.165) is 29.4 Å². The molecule has 1 saturated carbocycles. The van der Waals surface area contributed by atoms with Crippen LogP contribution < -0.4 is 4.74 Å². The predicted octanol–water partition coefficient (Wildman–Crippen LogP) is 7.88. The lowest BCUT2D eigenvalue weighted by Gasteiger charge is -2.28. The van der Waals surface area contributed by atoms with Crippen LogP contribution in [0.3, 0.4) is 0 Å². The molecule has 2 aromatic carbocycles. The fourth-order valence-electron chi connectivity index (χ4n) is 4.37. The van der Waals surface area contributed by atoms with Crippen molar-refractivity contribution < 1.29 is 13.5 Å². The van der Waals surface area contributed by atoms with E-state index in [9.17, 15) is 8.78 Å². The number of halogens is 2. The fourth-order valence-corrected chi connectivity index (χ4v) is 4.37. The summed E-state index contributed by atoms with van der Waals surface area (Å²) in [5, 5.41) is 0. The summed E-state index contributed by atoms with van der Waals surface area (Å²) >= 11 is 0. The maximum Gasteiger partial charge on any atom is 0.387 e. The fraction of sp³-hybridized carbons (Fsp3) is 0.520. The number of ether oxygens (including phenoxy) is 1. The van der Waals surface area contributed by atoms with Gasteiger partial charge in [0.2, 0.25) is 0 Å². The van der Waals surface area contributed by atoms with Gasteiger partial charge in [-0.3, -0.25) is 0 Å². The van der Waals surface area contributed by atoms with Crippen molar-refractivity contribution in [3.05, 3.63) is 54.1 Å². The van der Waals surface area contributed by atoms with E-state index < -0.39 is 6.61 Å². The molecule has 0 bridgehead atoms. The van der Waals surface area contributed by atoms with Crippen LogP contribution in [-0.4, -0.2) is 6.61 Å². The summed E-state index contributed by atoms with van der Waals surface area (Å²) in [6.45, 7) is -0.495. The minimum Gasteiger partial charge on any atom is -0.435 e. The van der Waals surface area contributed by atoms with Gasteiger partial charge in [-0.05, 0) is 53.5 Å². The van der Waals surface area contributed by atoms with E-state index in [1.54, 1.807) is 12.1 Å². The van der Waals surface area contributed by atoms with Crippen molar-refractivity contribution in [2.45, 2.75) is 71.3 Å². The summed E-state index contributed by atoms with van der Waals surface area (Å²) in [5.41, 5.74) is 3.50. The third-order valence-corrected chi connectivity index (χ3v) is 6.14. The zero-order valence-electron chi connectivity index (χ0n) is 16.9. The molecular formula is C25H32F2O. The second-order valence-corrected chi connectivity index (χ2v) is 8.17. The van der Waals surface area contributed by atoms with Gasteiger partial charge >= 0.3 is 6.61 Å². The molecule has 0 atom stereocenters. The number of alkyl halides is 2. The van der Waals surface area contributed by atoms with Crippen LogP contribution in [0.25, 0.3) is 11.1 Å². The van der Waals surface area contributed by atoms with Gasteiger partial charge < -0.3 is 4.74 Å². The molecular weight excluding hydrogens is 354 g/mol. The first-order valence-electron chi connectivity index (χ1n) is 10.8. The number of hydrogen-bond acceptors (Lipinski definition) is 1. The van der Waals surface area contributed by atoms with Crippen LogP contribution >= 0.6 is 0 Å². The van der Waals surface area contributed by atoms with Crippen LogP contribution in [0.4, 0.5) is 8.78 Å². The summed E-state index contributed by atoms with van der Waals surface area (Å²) in [7, 11) is 0. The van der Waals surface area contributed by atoms with Crippen molar-refractivity contribution in [3.8, 4) is 16.9 Å². The Labute approximate surface area is 168 Å². The Hall–Kier alpha value is -1.90. The second-order valence-electron chi connectivity index (χ2n) is 8.17. The van der Waals surface area contributed by atoms with Gasteiger partial charge in [0.1, 0.15) is 5.75 Å². The van der Waals surface area contributed by atoms with Gasteiger partial charge in [-0.2, -0.15) is 8.78 Å². The zero-order valence-corrected chi connectivity index (χ0v) is 16.9. The summed E-state index contributed by atoms with van der Waals surface area (Å²) in [5.74, 6) is 2.06. The van der Waals surface area contributed by atoms with Crippen LogP contribution in [0.1, 0.15) is 63.9 Å². The molecule has 28 heavy (non-hydrogen) atoms. The maximum absolute atomic E-state index is 12.2. The van der Waals surface area contributed by atoms with E-state index in [-0.39, 0.29) is 5.75 Å². The van der Waals surface area contributed by atoms with Gasteiger partial charge in [0.25, 0.3) is 0 Å². The molecule has 0 aromatic heterocycles. The Morgan fingerprint density at radius 1 is 0.821 bits per heavy atom. The average molecular weight is 387 g/mol. The lowest BCUT2D eigenvalue weighted by atomic mass is 9.78. The lowest BCUT2D eigenvalue weighted by molar-refractivity contribution is -0.0498. The van der Waals surface area contributed by atoms with Crippen LogP contribution in [0.5, 0.6) is 5.75 Å². The predicted molar refractivity (Wildman–Crippen MR) is 112 cm³/mol. The molecule has 1 aliphatic rings. The molecule has 1 nitrogen and oxygen atoms in total. The Balaban J connectivity index is 1.46. The van der Waals surface area contributed by atoms with Crippen LogP contribution in [-0.2, 0) is 6.42 Å². The maximum atomic E-state index is 12.2. The van der Waals surface area contributed by atoms with Crippen molar-refractivity contribution in [1.29, 1.82) is 0 Å². The molecule has 0 N–H and O–H groups in total. The molecule has 0 spiro atoms. The molecule has 0 aliphatic heterocycles. The molecule has 1 fully saturated rings. The van der Waals surface area contributed by atoms with Crippen molar-refractivity contribution in [3.63, 3.8) is 0 Å². The topological polar surface area (TPSA) is 9.23 Å². The molecule has 0 saturated heterocycles. The zero-order chi connectivity index (χ0) is 19.8. The number of benzene rings is 2. The summed E-state index contributed by atoms with van der Waals surface area (Å²) < 4.78 is 28.9. The highest BCUT2D eigenvalue weighted by Gasteiger charge is 2.20. The van der Waals surface area contributed by atoms with E-state index in [0.29, 0.717) is 0 Å². The smallest absolute Gasteiger partial charge is 0.387 e. The molecule has 1 aliphatic carbocycles. The highest BCUT2D eigenvalue weighted by molar-refractivity contribution is 5.64. The second kappa shape index (κ2) is 10.6. The van der Waals surface area contributed by atoms with Crippen LogP contribution in [0.2, 0.25) is 0 Å². The number of aryl methyl sites for hydroxylation is 1. The number of hydrogen-bond donors (Lipinski definition) is 0. The molecule has 0 heterocycles. The molecule has 152 valence electrons. The van der Waals surface area contributed by atoms with Gasteiger partial charge in [-0.1, -0.05) is 88.3 Å². The normalized spacial score (nSPS) is 19.7. The largest absolute Gasteiger partial charge is 0.435 e. The van der Waals surface area contributed by atoms with Crippen molar-refractivity contribution in [1.82, 2.24) is 0 Å². The Morgan fingerprint density at radius 2 is 1.36 bits per heavy atom. The van der Waals surface area contributed by atoms with Crippen molar-refractivity contribution in [2.75, 3.05) is 0 Å². The standard InChI is InChI=1S/C25H32F2O/c1-2-3-4-19-5-7-20(8-6-19)9-10-21-11-13-22(14-12-21)23-15-17-24(18-16-23)28-25(26)27/h11-20,25H,2-10H2,1H3/t19-,20-. The first-order chi connectivity index (χ1) is 13.6. The van der Waals surface area contributed by atoms with Crippen molar-refractivity contribution in [2.24, 2.45) is 11.8 Å². The SMILES string of the molecule is CCCC[C@H]1CC[C@H](CCc2ccc(-c3ccc(OC(F)F)cc3)cc2)CC1. The summed E-state index contributed by atoms with van der Waals surface area (Å²) in [6, 6.07) is 15.5. The molecule has 0 unspecified atom stereocenters. The van der Waals surface area contributed by atoms with Gasteiger partial charge in [-0.15, -0.1) is 0 Å². The first-order valence-corrected chi connectivity index (χ1v) is 10.8. The molecule has 0 amide bonds. The van der Waals surface area contributed by atoms with Crippen LogP contribution in [0, 0.1) is 11.8 Å². The molecule has 2 aromatic rings. The van der Waals surface area contributed by atoms with Crippen molar-refractivity contribution >= 4 is 0 Å². The molecule has 3 heteroatoms. The Kier molecular flexibility index (Phi) is 7.88. The minimum atomic E-state index is -2.78. The van der Waals surface area contributed by atoms with E-state index in [2.05, 4.69) is 35.9 Å². The monoisotopic (exact) mass is 386 g/mol. The van der Waals surface area contributed by atoms with E-state index in [4.69, 9.17) is 0 Å². The minimum absolute atomic E-state index is 0.194. The molecule has 3 rings (SSSR count). The van der Waals surface area contributed by atoms with E-state index in [1.165, 1.54) is 56.9 Å². The lowest BCUT2D eigenvalue weighted by Crippen LogP contribution is -2.15. The third-order valence-electron chi connectivity index (χ3n) is 6.14. The number of unbranched alkanes of at least 4 members (excludes halogenated alkanes) is 1. The first kappa shape index (κ1) is 20.8. The van der Waals surface area contributed by atoms with Gasteiger partial charge in [-0.25, -0.2) is 0 Å². The summed E-state index contributed by atoms with van der Waals surface area (Å²) in [4.78, 5) is 0. The van der Waals surface area contributed by atoms with E-state index >= 15 is 0 Å². The van der Waals surface area contributed by atoms with Gasteiger partial charge in [0.05, 0.1) is 0 Å². The van der Waals surface area contributed by atoms with Crippen LogP contribution in [0.15, 0.2) is 48.5 Å². The quantitative estimate of drug-likeness (QED) is 0.426. The third kappa shape index (κ3) is 6.32. The average Bonchev–Trinajstić information content (AvgIpc) is 2.72. The molecule has 0 radical (unpaired) electrons. The van der Waals surface area contributed by atoms with E-state index in [1.807, 2.05) is 12.1 Å².